The van der Waals surface area contributed by atoms with Crippen molar-refractivity contribution in [1.29, 1.82) is 0 Å². The number of benzene rings is 3. The zero-order valence-corrected chi connectivity index (χ0v) is 20.8. The second-order valence-corrected chi connectivity index (χ2v) is 9.21. The number of carbonyl (C=O) groups is 2. The van der Waals surface area contributed by atoms with Crippen LogP contribution in [-0.4, -0.2) is 32.0 Å². The first-order chi connectivity index (χ1) is 17.8. The van der Waals surface area contributed by atoms with E-state index in [9.17, 15) is 9.59 Å². The summed E-state index contributed by atoms with van der Waals surface area (Å²) in [5.74, 6) is -0.204. The molecule has 0 bridgehead atoms. The quantitative estimate of drug-likeness (QED) is 0.206. The molecule has 2 aromatic heterocycles. The Labute approximate surface area is 221 Å². The van der Waals surface area contributed by atoms with Crippen molar-refractivity contribution in [3.63, 3.8) is 0 Å². The first kappa shape index (κ1) is 24.4. The predicted octanol–water partition coefficient (Wildman–Crippen LogP) is 4.65. The molecule has 5 aromatic rings. The third-order valence-corrected chi connectivity index (χ3v) is 6.55. The van der Waals surface area contributed by atoms with Crippen molar-refractivity contribution in [1.82, 2.24) is 25.5 Å². The van der Waals surface area contributed by atoms with E-state index in [0.717, 1.165) is 22.0 Å². The van der Waals surface area contributed by atoms with Crippen molar-refractivity contribution in [3.05, 3.63) is 99.4 Å². The number of primary amides is 1. The average molecular weight is 534 g/mol. The Balaban J connectivity index is 1.49. The van der Waals surface area contributed by atoms with Crippen molar-refractivity contribution in [3.8, 4) is 11.3 Å². The van der Waals surface area contributed by atoms with E-state index in [1.165, 1.54) is 18.2 Å². The Morgan fingerprint density at radius 3 is 2.54 bits per heavy atom. The van der Waals surface area contributed by atoms with Gasteiger partial charge in [-0.1, -0.05) is 59.6 Å². The average Bonchev–Trinajstić information content (AvgIpc) is 3.46. The van der Waals surface area contributed by atoms with E-state index in [4.69, 9.17) is 39.7 Å². The molecular formula is C26H21Cl2N7O2. The van der Waals surface area contributed by atoms with Gasteiger partial charge in [-0.25, -0.2) is 4.98 Å². The fraction of sp³-hybridized carbons (Fsp3) is 0.0769. The van der Waals surface area contributed by atoms with E-state index in [1.807, 2.05) is 48.5 Å². The summed E-state index contributed by atoms with van der Waals surface area (Å²) in [6.45, 7) is 0. The Morgan fingerprint density at radius 2 is 1.81 bits per heavy atom. The number of fused-ring (bicyclic) bond motifs is 1. The zero-order valence-electron chi connectivity index (χ0n) is 19.3. The van der Waals surface area contributed by atoms with E-state index >= 15 is 0 Å². The topological polar surface area (TPSA) is 156 Å². The summed E-state index contributed by atoms with van der Waals surface area (Å²) in [5.41, 5.74) is 14.6. The molecule has 0 saturated heterocycles. The van der Waals surface area contributed by atoms with Gasteiger partial charge in [0, 0.05) is 16.5 Å². The summed E-state index contributed by atoms with van der Waals surface area (Å²) in [5, 5.41) is 11.1. The number of hydrogen-bond acceptors (Lipinski definition) is 5. The number of aromatic amines is 2. The molecule has 1 atom stereocenters. The van der Waals surface area contributed by atoms with Gasteiger partial charge in [-0.3, -0.25) is 14.7 Å². The summed E-state index contributed by atoms with van der Waals surface area (Å²) < 4.78 is 0. The highest BCUT2D eigenvalue weighted by molar-refractivity contribution is 6.34. The van der Waals surface area contributed by atoms with Crippen LogP contribution in [0.15, 0.2) is 66.7 Å². The molecule has 0 aliphatic rings. The third-order valence-electron chi connectivity index (χ3n) is 5.96. The largest absolute Gasteiger partial charge is 0.382 e. The smallest absolute Gasteiger partial charge is 0.253 e. The molecule has 1 unspecified atom stereocenters. The molecule has 0 spiro atoms. The molecule has 5 rings (SSSR count). The lowest BCUT2D eigenvalue weighted by molar-refractivity contribution is 0.0933. The fourth-order valence-corrected chi connectivity index (χ4v) is 4.58. The number of aromatic nitrogens is 4. The number of amides is 2. The van der Waals surface area contributed by atoms with E-state index < -0.39 is 17.9 Å². The van der Waals surface area contributed by atoms with Crippen LogP contribution >= 0.6 is 23.2 Å². The van der Waals surface area contributed by atoms with E-state index in [2.05, 4.69) is 20.5 Å². The van der Waals surface area contributed by atoms with Gasteiger partial charge < -0.3 is 21.8 Å². The van der Waals surface area contributed by atoms with Gasteiger partial charge in [0.25, 0.3) is 5.91 Å². The minimum Gasteiger partial charge on any atom is -0.382 e. The summed E-state index contributed by atoms with van der Waals surface area (Å²) in [4.78, 5) is 32.5. The minimum absolute atomic E-state index is 0.109. The molecule has 37 heavy (non-hydrogen) atoms. The Hall–Kier alpha value is -4.34. The number of hydrogen-bond donors (Lipinski definition) is 5. The van der Waals surface area contributed by atoms with Gasteiger partial charge in [0.1, 0.15) is 16.7 Å². The van der Waals surface area contributed by atoms with Crippen LogP contribution in [0.25, 0.3) is 22.2 Å². The van der Waals surface area contributed by atoms with Crippen molar-refractivity contribution >= 4 is 51.7 Å². The summed E-state index contributed by atoms with van der Waals surface area (Å²) in [7, 11) is 0. The van der Waals surface area contributed by atoms with Crippen molar-refractivity contribution < 1.29 is 9.59 Å². The standard InChI is InChI=1S/C26H21Cl2N7O2/c27-18-11-15(24(30)36)7-8-16(18)26(37)31-20(10-13-4-2-1-3-5-13)25-32-21(22(28)33-25)14-6-9-17-19(12-14)34-35-23(17)29/h1-9,11-12,20H,10H2,(H2,30,36)(H,31,37)(H,32,33)(H3,29,34,35). The van der Waals surface area contributed by atoms with Gasteiger partial charge in [0.15, 0.2) is 5.82 Å². The second kappa shape index (κ2) is 9.96. The van der Waals surface area contributed by atoms with Gasteiger partial charge in [-0.2, -0.15) is 5.10 Å². The molecule has 0 saturated carbocycles. The molecule has 0 radical (unpaired) electrons. The van der Waals surface area contributed by atoms with Crippen LogP contribution < -0.4 is 16.8 Å². The number of anilines is 1. The summed E-state index contributed by atoms with van der Waals surface area (Å²) in [6.07, 6.45) is 0.433. The number of rotatable bonds is 7. The van der Waals surface area contributed by atoms with Crippen LogP contribution in [0.5, 0.6) is 0 Å². The molecular weight excluding hydrogens is 513 g/mol. The van der Waals surface area contributed by atoms with Crippen LogP contribution in [0.1, 0.15) is 38.1 Å². The van der Waals surface area contributed by atoms with Crippen molar-refractivity contribution in [2.75, 3.05) is 5.73 Å². The normalized spacial score (nSPS) is 11.9. The van der Waals surface area contributed by atoms with Crippen LogP contribution in [0, 0.1) is 0 Å². The number of H-pyrrole nitrogens is 2. The van der Waals surface area contributed by atoms with Crippen LogP contribution in [-0.2, 0) is 6.42 Å². The number of carbonyl (C=O) groups excluding carboxylic acids is 2. The van der Waals surface area contributed by atoms with E-state index in [1.54, 1.807) is 0 Å². The van der Waals surface area contributed by atoms with Gasteiger partial charge in [0.05, 0.1) is 22.1 Å². The lowest BCUT2D eigenvalue weighted by Crippen LogP contribution is -2.31. The molecule has 11 heteroatoms. The Morgan fingerprint density at radius 1 is 1.03 bits per heavy atom. The van der Waals surface area contributed by atoms with Gasteiger partial charge in [-0.15, -0.1) is 0 Å². The van der Waals surface area contributed by atoms with Gasteiger partial charge in [0.2, 0.25) is 5.91 Å². The number of imidazole rings is 1. The van der Waals surface area contributed by atoms with Crippen LogP contribution in [0.4, 0.5) is 5.82 Å². The monoisotopic (exact) mass is 533 g/mol. The first-order valence-corrected chi connectivity index (χ1v) is 12.0. The molecule has 7 N–H and O–H groups in total. The lowest BCUT2D eigenvalue weighted by atomic mass is 10.0. The maximum absolute atomic E-state index is 13.2. The zero-order chi connectivity index (χ0) is 26.1. The molecule has 186 valence electrons. The van der Waals surface area contributed by atoms with Crippen LogP contribution in [0.2, 0.25) is 10.2 Å². The first-order valence-electron chi connectivity index (χ1n) is 11.2. The minimum atomic E-state index is -0.635. The number of nitrogens with two attached hydrogens (primary N) is 2. The number of nitrogen functional groups attached to an aromatic ring is 1. The fourth-order valence-electron chi connectivity index (χ4n) is 4.07. The number of nitrogens with zero attached hydrogens (tertiary/aromatic N) is 2. The molecule has 3 aromatic carbocycles. The Kier molecular flexibility index (Phi) is 6.56. The van der Waals surface area contributed by atoms with Gasteiger partial charge in [-0.05, 0) is 42.3 Å². The highest BCUT2D eigenvalue weighted by atomic mass is 35.5. The maximum Gasteiger partial charge on any atom is 0.253 e. The number of halogens is 2. The van der Waals surface area contributed by atoms with Crippen LogP contribution in [0.3, 0.4) is 0 Å². The van der Waals surface area contributed by atoms with Crippen molar-refractivity contribution in [2.45, 2.75) is 12.5 Å². The SMILES string of the molecule is NC(=O)c1ccc(C(=O)NC(Cc2ccccc2)c2nc(-c3ccc4c(N)n[nH]c4c3)c(Cl)[nH]2)c(Cl)c1. The molecule has 0 aliphatic carbocycles. The number of nitrogens with one attached hydrogen (secondary N) is 3. The lowest BCUT2D eigenvalue weighted by Gasteiger charge is -2.18. The Bertz CT molecular complexity index is 1630. The summed E-state index contributed by atoms with van der Waals surface area (Å²) in [6, 6.07) is 18.9. The highest BCUT2D eigenvalue weighted by Crippen LogP contribution is 2.31. The predicted molar refractivity (Wildman–Crippen MR) is 143 cm³/mol. The van der Waals surface area contributed by atoms with Gasteiger partial charge >= 0.3 is 0 Å². The molecule has 0 aliphatic heterocycles. The van der Waals surface area contributed by atoms with Crippen molar-refractivity contribution in [2.24, 2.45) is 5.73 Å². The molecule has 2 heterocycles. The second-order valence-electron chi connectivity index (χ2n) is 8.43. The maximum atomic E-state index is 13.2. The van der Waals surface area contributed by atoms with E-state index in [-0.39, 0.29) is 16.1 Å². The van der Waals surface area contributed by atoms with E-state index in [0.29, 0.717) is 28.9 Å². The molecule has 0 fully saturated rings. The molecule has 9 nitrogen and oxygen atoms in total. The third kappa shape index (κ3) is 5.00. The highest BCUT2D eigenvalue weighted by Gasteiger charge is 2.23. The molecule has 2 amide bonds. The summed E-state index contributed by atoms with van der Waals surface area (Å²) >= 11 is 12.8.